The van der Waals surface area contributed by atoms with Crippen LogP contribution in [0.5, 0.6) is 0 Å². The summed E-state index contributed by atoms with van der Waals surface area (Å²) in [6.45, 7) is 8.43. The monoisotopic (exact) mass is 416 g/mol. The van der Waals surface area contributed by atoms with Gasteiger partial charge < -0.3 is 5.32 Å². The number of carbonyl (C=O) groups excluding carboxylic acids is 1. The molecule has 0 unspecified atom stereocenters. The summed E-state index contributed by atoms with van der Waals surface area (Å²) in [4.78, 5) is 12.4. The maximum Gasteiger partial charge on any atom is 0.240 e. The van der Waals surface area contributed by atoms with Gasteiger partial charge in [-0.05, 0) is 55.4 Å². The Morgan fingerprint density at radius 3 is 2.28 bits per heavy atom. The lowest BCUT2D eigenvalue weighted by Gasteiger charge is -2.24. The van der Waals surface area contributed by atoms with Crippen molar-refractivity contribution in [1.82, 2.24) is 5.32 Å². The van der Waals surface area contributed by atoms with E-state index in [0.29, 0.717) is 18.2 Å². The minimum absolute atomic E-state index is 0.216. The maximum atomic E-state index is 12.4. The fourth-order valence-electron chi connectivity index (χ4n) is 3.24. The average molecular weight is 417 g/mol. The lowest BCUT2D eigenvalue weighted by molar-refractivity contribution is -0.119. The second kappa shape index (κ2) is 9.92. The first kappa shape index (κ1) is 22.9. The zero-order valence-corrected chi connectivity index (χ0v) is 18.8. The summed E-state index contributed by atoms with van der Waals surface area (Å²) in [6.07, 6.45) is 2.79. The first-order valence-electron chi connectivity index (χ1n) is 9.98. The molecule has 0 aliphatic rings. The van der Waals surface area contributed by atoms with E-state index in [9.17, 15) is 13.2 Å². The maximum absolute atomic E-state index is 12.4. The minimum Gasteiger partial charge on any atom is -0.355 e. The van der Waals surface area contributed by atoms with Crippen molar-refractivity contribution in [3.63, 3.8) is 0 Å². The molecule has 2 rings (SSSR count). The highest BCUT2D eigenvalue weighted by molar-refractivity contribution is 7.92. The molecule has 0 spiro atoms. The molecule has 0 radical (unpaired) electrons. The van der Waals surface area contributed by atoms with Crippen LogP contribution >= 0.6 is 0 Å². The zero-order valence-electron chi connectivity index (χ0n) is 18.0. The highest BCUT2D eigenvalue weighted by atomic mass is 32.2. The summed E-state index contributed by atoms with van der Waals surface area (Å²) in [7, 11) is -3.56. The molecule has 29 heavy (non-hydrogen) atoms. The van der Waals surface area contributed by atoms with Gasteiger partial charge in [-0.1, -0.05) is 55.8 Å². The molecule has 0 saturated heterocycles. The quantitative estimate of drug-likeness (QED) is 0.630. The number of hydrogen-bond donors (Lipinski definition) is 1. The van der Waals surface area contributed by atoms with Crippen LogP contribution in [0.2, 0.25) is 0 Å². The molecule has 0 fully saturated rings. The van der Waals surface area contributed by atoms with Gasteiger partial charge in [0.05, 0.1) is 11.9 Å². The Labute approximate surface area is 175 Å². The number of aryl methyl sites for hydroxylation is 3. The largest absolute Gasteiger partial charge is 0.355 e. The van der Waals surface area contributed by atoms with Crippen LogP contribution in [-0.4, -0.2) is 33.7 Å². The van der Waals surface area contributed by atoms with E-state index >= 15 is 0 Å². The van der Waals surface area contributed by atoms with Crippen LogP contribution in [0.1, 0.15) is 48.4 Å². The van der Waals surface area contributed by atoms with Crippen LogP contribution in [0.4, 0.5) is 5.69 Å². The van der Waals surface area contributed by atoms with E-state index < -0.39 is 10.0 Å². The minimum atomic E-state index is -3.56. The van der Waals surface area contributed by atoms with Gasteiger partial charge in [0.25, 0.3) is 0 Å². The van der Waals surface area contributed by atoms with Gasteiger partial charge in [0.15, 0.2) is 0 Å². The summed E-state index contributed by atoms with van der Waals surface area (Å²) >= 11 is 0. The van der Waals surface area contributed by atoms with Crippen molar-refractivity contribution < 1.29 is 13.2 Å². The molecule has 0 aliphatic carbocycles. The predicted molar refractivity (Wildman–Crippen MR) is 120 cm³/mol. The molecule has 0 bridgehead atoms. The van der Waals surface area contributed by atoms with Gasteiger partial charge in [0.1, 0.15) is 6.54 Å². The average Bonchev–Trinajstić information content (AvgIpc) is 2.63. The van der Waals surface area contributed by atoms with Crippen molar-refractivity contribution in [2.45, 2.75) is 46.5 Å². The van der Waals surface area contributed by atoms with Crippen LogP contribution in [-0.2, 0) is 21.2 Å². The molecule has 0 aromatic heterocycles. The summed E-state index contributed by atoms with van der Waals surface area (Å²) < 4.78 is 25.6. The van der Waals surface area contributed by atoms with Crippen molar-refractivity contribution in [2.75, 3.05) is 23.7 Å². The van der Waals surface area contributed by atoms with E-state index in [1.807, 2.05) is 26.0 Å². The number of hydrogen-bond acceptors (Lipinski definition) is 3. The number of nitrogens with one attached hydrogen (secondary N) is 1. The van der Waals surface area contributed by atoms with Crippen molar-refractivity contribution in [1.29, 1.82) is 0 Å². The van der Waals surface area contributed by atoms with Gasteiger partial charge in [0.2, 0.25) is 15.9 Å². The Bertz CT molecular complexity index is 935. The highest BCUT2D eigenvalue weighted by Gasteiger charge is 2.22. The molecule has 2 aromatic rings. The van der Waals surface area contributed by atoms with Crippen LogP contribution < -0.4 is 9.62 Å². The number of anilines is 1. The molecule has 6 heteroatoms. The predicted octanol–water partition coefficient (Wildman–Crippen LogP) is 3.94. The number of amides is 1. The fourth-order valence-corrected chi connectivity index (χ4v) is 4.16. The zero-order chi connectivity index (χ0) is 21.6. The molecule has 0 saturated carbocycles. The highest BCUT2D eigenvalue weighted by Crippen LogP contribution is 2.23. The summed E-state index contributed by atoms with van der Waals surface area (Å²) in [5.74, 6) is 0.212. The second-order valence-electron chi connectivity index (χ2n) is 7.91. The second-order valence-corrected chi connectivity index (χ2v) is 9.82. The van der Waals surface area contributed by atoms with Crippen molar-refractivity contribution in [2.24, 2.45) is 0 Å². The topological polar surface area (TPSA) is 66.5 Å². The van der Waals surface area contributed by atoms with Crippen LogP contribution in [0, 0.1) is 13.8 Å². The molecule has 1 N–H and O–H groups in total. The first-order valence-corrected chi connectivity index (χ1v) is 11.8. The number of nitrogens with zero attached hydrogens (tertiary/aromatic N) is 1. The van der Waals surface area contributed by atoms with E-state index in [1.54, 1.807) is 6.07 Å². The van der Waals surface area contributed by atoms with Crippen LogP contribution in [0.25, 0.3) is 0 Å². The van der Waals surface area contributed by atoms with E-state index in [0.717, 1.165) is 30.2 Å². The third-order valence-electron chi connectivity index (χ3n) is 4.92. The van der Waals surface area contributed by atoms with Gasteiger partial charge in [-0.2, -0.15) is 0 Å². The standard InChI is InChI=1S/C23H32N2O3S/c1-17(2)21-11-9-20(10-12-21)7-6-14-24-23(26)16-25(29(5,27)28)22-13-8-18(3)15-19(22)4/h8-13,15,17H,6-7,14,16H2,1-5H3,(H,24,26). The Balaban J connectivity index is 1.90. The lowest BCUT2D eigenvalue weighted by atomic mass is 10.0. The molecule has 2 aromatic carbocycles. The number of rotatable bonds is 9. The Morgan fingerprint density at radius 1 is 1.07 bits per heavy atom. The normalized spacial score (nSPS) is 11.5. The molecule has 0 aliphatic heterocycles. The molecule has 0 heterocycles. The van der Waals surface area contributed by atoms with Gasteiger partial charge >= 0.3 is 0 Å². The smallest absolute Gasteiger partial charge is 0.240 e. The third-order valence-corrected chi connectivity index (χ3v) is 6.05. The fraction of sp³-hybridized carbons (Fsp3) is 0.435. The van der Waals surface area contributed by atoms with Gasteiger partial charge in [-0.15, -0.1) is 0 Å². The van der Waals surface area contributed by atoms with Crippen LogP contribution in [0.3, 0.4) is 0 Å². The third kappa shape index (κ3) is 6.89. The summed E-state index contributed by atoms with van der Waals surface area (Å²) in [6, 6.07) is 14.1. The number of sulfonamides is 1. The van der Waals surface area contributed by atoms with Crippen LogP contribution in [0.15, 0.2) is 42.5 Å². The molecule has 5 nitrogen and oxygen atoms in total. The summed E-state index contributed by atoms with van der Waals surface area (Å²) in [5.41, 5.74) is 4.96. The number of benzene rings is 2. The van der Waals surface area contributed by atoms with Crippen molar-refractivity contribution in [3.8, 4) is 0 Å². The molecule has 158 valence electrons. The van der Waals surface area contributed by atoms with Gasteiger partial charge in [0, 0.05) is 6.54 Å². The van der Waals surface area contributed by atoms with Crippen molar-refractivity contribution in [3.05, 3.63) is 64.7 Å². The van der Waals surface area contributed by atoms with Gasteiger partial charge in [-0.25, -0.2) is 8.42 Å². The van der Waals surface area contributed by atoms with E-state index in [2.05, 4.69) is 43.4 Å². The first-order chi connectivity index (χ1) is 13.6. The van der Waals surface area contributed by atoms with E-state index in [4.69, 9.17) is 0 Å². The Hall–Kier alpha value is -2.34. The van der Waals surface area contributed by atoms with E-state index in [-0.39, 0.29) is 12.5 Å². The summed E-state index contributed by atoms with van der Waals surface area (Å²) in [5, 5.41) is 2.84. The molecular weight excluding hydrogens is 384 g/mol. The molecule has 0 atom stereocenters. The SMILES string of the molecule is Cc1ccc(N(CC(=O)NCCCc2ccc(C(C)C)cc2)S(C)(=O)=O)c(C)c1. The molecular formula is C23H32N2O3S. The lowest BCUT2D eigenvalue weighted by Crippen LogP contribution is -2.41. The Morgan fingerprint density at radius 2 is 1.72 bits per heavy atom. The van der Waals surface area contributed by atoms with Gasteiger partial charge in [-0.3, -0.25) is 9.10 Å². The number of carbonyl (C=O) groups is 1. The Kier molecular flexibility index (Phi) is 7.85. The molecule has 1 amide bonds. The van der Waals surface area contributed by atoms with Crippen molar-refractivity contribution >= 4 is 21.6 Å². The van der Waals surface area contributed by atoms with E-state index in [1.165, 1.54) is 15.4 Å².